The molecule has 0 atom stereocenters. The zero-order chi connectivity index (χ0) is 13.8. The van der Waals surface area contributed by atoms with Crippen molar-refractivity contribution in [1.82, 2.24) is 10.3 Å². The molecule has 7 nitrogen and oxygen atoms in total. The van der Waals surface area contributed by atoms with E-state index < -0.39 is 0 Å². The number of nitrogens with two attached hydrogens (primary N) is 2. The highest BCUT2D eigenvalue weighted by Gasteiger charge is 2.10. The van der Waals surface area contributed by atoms with E-state index in [0.717, 1.165) is 0 Å². The molecule has 0 amide bonds. The van der Waals surface area contributed by atoms with Crippen molar-refractivity contribution in [1.29, 1.82) is 0 Å². The maximum atomic E-state index is 5.96. The molecule has 0 saturated carbocycles. The van der Waals surface area contributed by atoms with E-state index in [1.807, 2.05) is 0 Å². The summed E-state index contributed by atoms with van der Waals surface area (Å²) in [6, 6.07) is 5.09. The highest BCUT2D eigenvalue weighted by atomic mass is 35.5. The maximum absolute atomic E-state index is 5.96. The SMILES string of the molecule is NC(=NN=Cc1c(Cl)cccc1Cl)c1nonc1N. The molecule has 0 aliphatic heterocycles. The molecule has 0 aliphatic rings. The maximum Gasteiger partial charge on any atom is 0.199 e. The molecule has 1 heterocycles. The first-order valence-corrected chi connectivity index (χ1v) is 5.74. The summed E-state index contributed by atoms with van der Waals surface area (Å²) in [6.45, 7) is 0. The number of rotatable bonds is 3. The molecule has 2 rings (SSSR count). The summed E-state index contributed by atoms with van der Waals surface area (Å²) in [6.07, 6.45) is 1.38. The zero-order valence-corrected chi connectivity index (χ0v) is 10.9. The molecule has 98 valence electrons. The molecule has 0 unspecified atom stereocenters. The van der Waals surface area contributed by atoms with Crippen molar-refractivity contribution in [2.75, 3.05) is 5.73 Å². The van der Waals surface area contributed by atoms with Crippen LogP contribution in [0.15, 0.2) is 33.0 Å². The van der Waals surface area contributed by atoms with E-state index in [1.54, 1.807) is 18.2 Å². The van der Waals surface area contributed by atoms with Crippen molar-refractivity contribution in [2.24, 2.45) is 15.9 Å². The van der Waals surface area contributed by atoms with Gasteiger partial charge in [0.15, 0.2) is 17.3 Å². The minimum absolute atomic E-state index is 0.0295. The van der Waals surface area contributed by atoms with Crippen LogP contribution in [-0.4, -0.2) is 22.4 Å². The van der Waals surface area contributed by atoms with Crippen molar-refractivity contribution in [3.8, 4) is 0 Å². The van der Waals surface area contributed by atoms with E-state index in [4.69, 9.17) is 34.7 Å². The summed E-state index contributed by atoms with van der Waals surface area (Å²) in [5.41, 5.74) is 11.7. The van der Waals surface area contributed by atoms with Gasteiger partial charge in [-0.2, -0.15) is 5.10 Å². The molecule has 1 aromatic carbocycles. The number of nitrogens with zero attached hydrogens (tertiary/aromatic N) is 4. The van der Waals surface area contributed by atoms with Gasteiger partial charge in [-0.15, -0.1) is 5.10 Å². The highest BCUT2D eigenvalue weighted by molar-refractivity contribution is 6.38. The van der Waals surface area contributed by atoms with Crippen LogP contribution in [0.2, 0.25) is 10.0 Å². The Morgan fingerprint density at radius 1 is 1.26 bits per heavy atom. The molecule has 0 fully saturated rings. The Morgan fingerprint density at radius 3 is 2.53 bits per heavy atom. The number of benzene rings is 1. The topological polar surface area (TPSA) is 116 Å². The van der Waals surface area contributed by atoms with Gasteiger partial charge < -0.3 is 11.5 Å². The number of aromatic nitrogens is 2. The molecule has 0 radical (unpaired) electrons. The number of nitrogen functional groups attached to an aromatic ring is 1. The van der Waals surface area contributed by atoms with Gasteiger partial charge in [-0.25, -0.2) is 4.63 Å². The lowest BCUT2D eigenvalue weighted by molar-refractivity contribution is 0.308. The number of halogens is 2. The minimum Gasteiger partial charge on any atom is -0.380 e. The molecule has 9 heteroatoms. The third-order valence-corrected chi connectivity index (χ3v) is 2.77. The van der Waals surface area contributed by atoms with Crippen molar-refractivity contribution in [3.05, 3.63) is 39.5 Å². The van der Waals surface area contributed by atoms with E-state index in [-0.39, 0.29) is 17.3 Å². The molecular weight excluding hydrogens is 291 g/mol. The lowest BCUT2D eigenvalue weighted by Crippen LogP contribution is -2.15. The Hall–Kier alpha value is -2.12. The van der Waals surface area contributed by atoms with Crippen LogP contribution in [0.4, 0.5) is 5.82 Å². The van der Waals surface area contributed by atoms with Crippen LogP contribution in [0.25, 0.3) is 0 Å². The quantitative estimate of drug-likeness (QED) is 0.508. The van der Waals surface area contributed by atoms with Crippen LogP contribution < -0.4 is 11.5 Å². The lowest BCUT2D eigenvalue weighted by Gasteiger charge is -1.98. The second-order valence-corrected chi connectivity index (χ2v) is 4.18. The fourth-order valence-electron chi connectivity index (χ4n) is 1.20. The second kappa shape index (κ2) is 5.68. The third-order valence-electron chi connectivity index (χ3n) is 2.11. The fraction of sp³-hybridized carbons (Fsp3) is 0. The first kappa shape index (κ1) is 13.3. The lowest BCUT2D eigenvalue weighted by atomic mass is 10.2. The Kier molecular flexibility index (Phi) is 3.98. The second-order valence-electron chi connectivity index (χ2n) is 3.36. The number of hydrogen-bond acceptors (Lipinski definition) is 6. The molecule has 0 saturated heterocycles. The zero-order valence-electron chi connectivity index (χ0n) is 9.42. The van der Waals surface area contributed by atoms with Crippen molar-refractivity contribution >= 4 is 41.1 Å². The summed E-state index contributed by atoms with van der Waals surface area (Å²) in [5, 5.41) is 15.2. The largest absolute Gasteiger partial charge is 0.380 e. The standard InChI is InChI=1S/C10H8Cl2N6O/c11-6-2-1-3-7(12)5(6)4-15-16-9(13)8-10(14)18-19-17-8/h1-4H,(H2,13,16)(H2,14,18). The van der Waals surface area contributed by atoms with Gasteiger partial charge in [0.25, 0.3) is 0 Å². The van der Waals surface area contributed by atoms with Gasteiger partial charge in [-0.05, 0) is 22.4 Å². The van der Waals surface area contributed by atoms with Crippen molar-refractivity contribution < 1.29 is 4.63 Å². The van der Waals surface area contributed by atoms with Gasteiger partial charge in [0.1, 0.15) is 0 Å². The van der Waals surface area contributed by atoms with E-state index in [2.05, 4.69) is 25.1 Å². The molecule has 0 spiro atoms. The predicted octanol–water partition coefficient (Wildman–Crippen LogP) is 1.70. The van der Waals surface area contributed by atoms with E-state index in [9.17, 15) is 0 Å². The first-order valence-electron chi connectivity index (χ1n) is 4.98. The number of anilines is 1. The molecule has 2 aromatic rings. The Morgan fingerprint density at radius 2 is 1.95 bits per heavy atom. The van der Waals surface area contributed by atoms with Gasteiger partial charge in [0.2, 0.25) is 0 Å². The molecule has 0 aliphatic carbocycles. The number of amidine groups is 1. The van der Waals surface area contributed by atoms with Crippen LogP contribution in [0.1, 0.15) is 11.3 Å². The first-order chi connectivity index (χ1) is 9.09. The van der Waals surface area contributed by atoms with Gasteiger partial charge in [-0.1, -0.05) is 29.3 Å². The predicted molar refractivity (Wildman–Crippen MR) is 73.5 cm³/mol. The number of hydrogen-bond donors (Lipinski definition) is 2. The van der Waals surface area contributed by atoms with Gasteiger partial charge in [0.05, 0.1) is 16.3 Å². The summed E-state index contributed by atoms with van der Waals surface area (Å²) in [7, 11) is 0. The normalized spacial score (nSPS) is 12.2. The Labute approximate surface area is 117 Å². The fourth-order valence-corrected chi connectivity index (χ4v) is 1.70. The minimum atomic E-state index is -0.0295. The van der Waals surface area contributed by atoms with Crippen LogP contribution in [-0.2, 0) is 0 Å². The van der Waals surface area contributed by atoms with E-state index in [1.165, 1.54) is 6.21 Å². The van der Waals surface area contributed by atoms with Gasteiger partial charge in [-0.3, -0.25) is 0 Å². The summed E-state index contributed by atoms with van der Waals surface area (Å²) < 4.78 is 4.39. The summed E-state index contributed by atoms with van der Waals surface area (Å²) >= 11 is 11.9. The van der Waals surface area contributed by atoms with Crippen molar-refractivity contribution in [2.45, 2.75) is 0 Å². The third kappa shape index (κ3) is 3.01. The Bertz CT molecular complexity index is 631. The van der Waals surface area contributed by atoms with Crippen LogP contribution >= 0.6 is 23.2 Å². The van der Waals surface area contributed by atoms with Crippen LogP contribution in [0.3, 0.4) is 0 Å². The Balaban J connectivity index is 2.23. The smallest absolute Gasteiger partial charge is 0.199 e. The summed E-state index contributed by atoms with van der Waals surface area (Å²) in [5.74, 6) is 0.00500. The molecule has 0 bridgehead atoms. The monoisotopic (exact) mass is 298 g/mol. The van der Waals surface area contributed by atoms with Crippen LogP contribution in [0, 0.1) is 0 Å². The van der Waals surface area contributed by atoms with Crippen LogP contribution in [0.5, 0.6) is 0 Å². The average molecular weight is 299 g/mol. The van der Waals surface area contributed by atoms with Crippen molar-refractivity contribution in [3.63, 3.8) is 0 Å². The molecule has 19 heavy (non-hydrogen) atoms. The van der Waals surface area contributed by atoms with Gasteiger partial charge >= 0.3 is 0 Å². The molecular formula is C10H8Cl2N6O. The molecule has 4 N–H and O–H groups in total. The summed E-state index contributed by atoms with van der Waals surface area (Å²) in [4.78, 5) is 0. The highest BCUT2D eigenvalue weighted by Crippen LogP contribution is 2.22. The molecule has 1 aromatic heterocycles. The van der Waals surface area contributed by atoms with Gasteiger partial charge in [0, 0.05) is 5.56 Å². The van der Waals surface area contributed by atoms with E-state index in [0.29, 0.717) is 15.6 Å². The van der Waals surface area contributed by atoms with E-state index >= 15 is 0 Å². The average Bonchev–Trinajstić information content (AvgIpc) is 2.79.